The summed E-state index contributed by atoms with van der Waals surface area (Å²) in [5.74, 6) is 2.78. The average Bonchev–Trinajstić information content (AvgIpc) is 2.17. The first kappa shape index (κ1) is 8.83. The van der Waals surface area contributed by atoms with Gasteiger partial charge in [-0.2, -0.15) is 0 Å². The smallest absolute Gasteiger partial charge is 0.269 e. The van der Waals surface area contributed by atoms with Crippen LogP contribution in [0, 0.1) is 12.3 Å². The summed E-state index contributed by atoms with van der Waals surface area (Å²) in [6.07, 6.45) is 5.28. The first-order chi connectivity index (χ1) is 6.63. The predicted molar refractivity (Wildman–Crippen MR) is 56.5 cm³/mol. The molecule has 70 valence electrons. The molecule has 1 aromatic carbocycles. The van der Waals surface area contributed by atoms with Crippen LogP contribution in [0.3, 0.4) is 0 Å². The van der Waals surface area contributed by atoms with Crippen molar-refractivity contribution < 1.29 is 4.74 Å². The zero-order valence-electron chi connectivity index (χ0n) is 8.24. The summed E-state index contributed by atoms with van der Waals surface area (Å²) in [6.45, 7) is 3.97. The fourth-order valence-corrected chi connectivity index (χ4v) is 1.57. The number of benzene rings is 1. The highest BCUT2D eigenvalue weighted by Crippen LogP contribution is 2.36. The van der Waals surface area contributed by atoms with Gasteiger partial charge in [-0.3, -0.25) is 0 Å². The molecule has 1 aromatic rings. The molecule has 2 rings (SSSR count). The molecule has 0 radical (unpaired) electrons. The highest BCUT2D eigenvalue weighted by molar-refractivity contribution is 5.96. The molecule has 0 fully saturated rings. The van der Waals surface area contributed by atoms with E-state index in [1.165, 1.54) is 0 Å². The SMILES string of the molecule is C#CC1=Nc2ccccc2C(C)(C)O1. The Kier molecular flexibility index (Phi) is 1.82. The van der Waals surface area contributed by atoms with Gasteiger partial charge in [0.1, 0.15) is 5.60 Å². The summed E-state index contributed by atoms with van der Waals surface area (Å²) >= 11 is 0. The number of para-hydroxylation sites is 1. The van der Waals surface area contributed by atoms with Gasteiger partial charge < -0.3 is 4.74 Å². The molecule has 1 heterocycles. The second kappa shape index (κ2) is 2.88. The van der Waals surface area contributed by atoms with Crippen LogP contribution in [-0.4, -0.2) is 5.90 Å². The third kappa shape index (κ3) is 1.27. The lowest BCUT2D eigenvalue weighted by Gasteiger charge is -2.30. The quantitative estimate of drug-likeness (QED) is 0.569. The maximum absolute atomic E-state index is 5.56. The molecule has 14 heavy (non-hydrogen) atoms. The summed E-state index contributed by atoms with van der Waals surface area (Å²) in [5.41, 5.74) is 1.58. The highest BCUT2D eigenvalue weighted by Gasteiger charge is 2.30. The molecule has 1 aliphatic heterocycles. The summed E-state index contributed by atoms with van der Waals surface area (Å²) < 4.78 is 5.56. The second-order valence-electron chi connectivity index (χ2n) is 3.69. The van der Waals surface area contributed by atoms with Crippen LogP contribution in [0.1, 0.15) is 19.4 Å². The van der Waals surface area contributed by atoms with Gasteiger partial charge in [-0.05, 0) is 25.8 Å². The van der Waals surface area contributed by atoms with Crippen LogP contribution in [0.15, 0.2) is 29.3 Å². The largest absolute Gasteiger partial charge is 0.460 e. The van der Waals surface area contributed by atoms with Gasteiger partial charge in [0.25, 0.3) is 5.90 Å². The van der Waals surface area contributed by atoms with E-state index >= 15 is 0 Å². The molecule has 0 aromatic heterocycles. The van der Waals surface area contributed by atoms with Gasteiger partial charge in [0.15, 0.2) is 0 Å². The minimum Gasteiger partial charge on any atom is -0.460 e. The third-order valence-corrected chi connectivity index (χ3v) is 2.25. The molecule has 2 nitrogen and oxygen atoms in total. The molecule has 0 saturated carbocycles. The van der Waals surface area contributed by atoms with E-state index in [2.05, 4.69) is 10.9 Å². The molecule has 0 atom stereocenters. The van der Waals surface area contributed by atoms with Crippen molar-refractivity contribution in [2.45, 2.75) is 19.4 Å². The van der Waals surface area contributed by atoms with E-state index in [0.29, 0.717) is 5.90 Å². The van der Waals surface area contributed by atoms with Crippen molar-refractivity contribution in [2.75, 3.05) is 0 Å². The van der Waals surface area contributed by atoms with Gasteiger partial charge in [0.05, 0.1) is 5.69 Å². The van der Waals surface area contributed by atoms with E-state index in [9.17, 15) is 0 Å². The van der Waals surface area contributed by atoms with E-state index in [1.54, 1.807) is 0 Å². The Hall–Kier alpha value is -1.75. The Balaban J connectivity index is 2.62. The van der Waals surface area contributed by atoms with Gasteiger partial charge >= 0.3 is 0 Å². The Morgan fingerprint density at radius 1 is 1.36 bits per heavy atom. The molecule has 0 saturated heterocycles. The van der Waals surface area contributed by atoms with E-state index in [0.717, 1.165) is 11.3 Å². The lowest BCUT2D eigenvalue weighted by Crippen LogP contribution is -2.27. The van der Waals surface area contributed by atoms with Gasteiger partial charge in [0, 0.05) is 5.56 Å². The molecule has 0 spiro atoms. The van der Waals surface area contributed by atoms with Crippen molar-refractivity contribution in [1.82, 2.24) is 0 Å². The van der Waals surface area contributed by atoms with E-state index in [4.69, 9.17) is 11.2 Å². The second-order valence-corrected chi connectivity index (χ2v) is 3.69. The molecule has 0 N–H and O–H groups in total. The maximum atomic E-state index is 5.56. The van der Waals surface area contributed by atoms with Gasteiger partial charge in [0.2, 0.25) is 0 Å². The molecule has 0 aliphatic carbocycles. The van der Waals surface area contributed by atoms with Crippen LogP contribution in [0.25, 0.3) is 0 Å². The normalized spacial score (nSPS) is 17.4. The minimum absolute atomic E-state index is 0.355. The number of terminal acetylenes is 1. The van der Waals surface area contributed by atoms with Crippen molar-refractivity contribution in [2.24, 2.45) is 4.99 Å². The Morgan fingerprint density at radius 3 is 2.79 bits per heavy atom. The lowest BCUT2D eigenvalue weighted by atomic mass is 9.95. The van der Waals surface area contributed by atoms with Crippen molar-refractivity contribution >= 4 is 11.6 Å². The summed E-state index contributed by atoms with van der Waals surface area (Å²) in [4.78, 5) is 4.22. The Bertz CT molecular complexity index is 438. The van der Waals surface area contributed by atoms with Crippen LogP contribution in [0.2, 0.25) is 0 Å². The fourth-order valence-electron chi connectivity index (χ4n) is 1.57. The molecule has 0 bridgehead atoms. The zero-order valence-corrected chi connectivity index (χ0v) is 8.24. The molecular formula is C12H11NO. The number of fused-ring (bicyclic) bond motifs is 1. The number of ether oxygens (including phenoxy) is 1. The molecule has 0 unspecified atom stereocenters. The van der Waals surface area contributed by atoms with Crippen LogP contribution in [0.5, 0.6) is 0 Å². The van der Waals surface area contributed by atoms with Crippen molar-refractivity contribution in [3.8, 4) is 12.3 Å². The van der Waals surface area contributed by atoms with Crippen molar-refractivity contribution in [3.05, 3.63) is 29.8 Å². The maximum Gasteiger partial charge on any atom is 0.269 e. The topological polar surface area (TPSA) is 21.6 Å². The van der Waals surface area contributed by atoms with Crippen LogP contribution >= 0.6 is 0 Å². The highest BCUT2D eigenvalue weighted by atomic mass is 16.5. The average molecular weight is 185 g/mol. The van der Waals surface area contributed by atoms with Crippen LogP contribution < -0.4 is 0 Å². The van der Waals surface area contributed by atoms with Crippen molar-refractivity contribution in [1.29, 1.82) is 0 Å². The third-order valence-electron chi connectivity index (χ3n) is 2.25. The molecule has 1 aliphatic rings. The number of rotatable bonds is 0. The summed E-state index contributed by atoms with van der Waals surface area (Å²) in [7, 11) is 0. The summed E-state index contributed by atoms with van der Waals surface area (Å²) in [6, 6.07) is 7.86. The monoisotopic (exact) mass is 185 g/mol. The van der Waals surface area contributed by atoms with Gasteiger partial charge in [-0.15, -0.1) is 6.42 Å². The molecule has 0 amide bonds. The minimum atomic E-state index is -0.389. The standard InChI is InChI=1S/C12H11NO/c1-4-11-13-10-8-6-5-7-9(10)12(2,3)14-11/h1,5-8H,2-3H3. The number of hydrogen-bond acceptors (Lipinski definition) is 2. The van der Waals surface area contributed by atoms with Crippen LogP contribution in [-0.2, 0) is 10.3 Å². The van der Waals surface area contributed by atoms with E-state index in [-0.39, 0.29) is 5.60 Å². The van der Waals surface area contributed by atoms with E-state index < -0.39 is 0 Å². The first-order valence-corrected chi connectivity index (χ1v) is 4.47. The van der Waals surface area contributed by atoms with Crippen LogP contribution in [0.4, 0.5) is 5.69 Å². The molecule has 2 heteroatoms. The first-order valence-electron chi connectivity index (χ1n) is 4.47. The molecular weight excluding hydrogens is 174 g/mol. The summed E-state index contributed by atoms with van der Waals surface area (Å²) in [5, 5.41) is 0. The van der Waals surface area contributed by atoms with Gasteiger partial charge in [-0.25, -0.2) is 4.99 Å². The Labute approximate surface area is 83.6 Å². The fraction of sp³-hybridized carbons (Fsp3) is 0.250. The number of aliphatic imine (C=N–C) groups is 1. The predicted octanol–water partition coefficient (Wildman–Crippen LogP) is 2.62. The van der Waals surface area contributed by atoms with Crippen molar-refractivity contribution in [3.63, 3.8) is 0 Å². The Morgan fingerprint density at radius 2 is 2.07 bits per heavy atom. The lowest BCUT2D eigenvalue weighted by molar-refractivity contribution is 0.0932. The van der Waals surface area contributed by atoms with Gasteiger partial charge in [-0.1, -0.05) is 18.2 Å². The van der Waals surface area contributed by atoms with E-state index in [1.807, 2.05) is 38.1 Å². The zero-order chi connectivity index (χ0) is 10.2. The number of hydrogen-bond donors (Lipinski definition) is 0. The number of nitrogens with zero attached hydrogens (tertiary/aromatic N) is 1.